The smallest absolute Gasteiger partial charge is 0.340 e. The first-order valence-electron chi connectivity index (χ1n) is 9.89. The van der Waals surface area contributed by atoms with E-state index >= 15 is 0 Å². The van der Waals surface area contributed by atoms with Gasteiger partial charge in [-0.3, -0.25) is 0 Å². The minimum atomic E-state index is -0.457. The summed E-state index contributed by atoms with van der Waals surface area (Å²) in [6.45, 7) is 4.80. The molecular weight excluding hydrogens is 380 g/mol. The van der Waals surface area contributed by atoms with Gasteiger partial charge >= 0.3 is 5.97 Å². The molecular formula is C22H26N6O2. The normalized spacial score (nSPS) is 10.5. The summed E-state index contributed by atoms with van der Waals surface area (Å²) in [6.07, 6.45) is 2.09. The Morgan fingerprint density at radius 2 is 1.83 bits per heavy atom. The molecule has 3 rings (SSSR count). The molecule has 1 heterocycles. The van der Waals surface area contributed by atoms with Crippen molar-refractivity contribution in [2.45, 2.75) is 33.3 Å². The zero-order valence-electron chi connectivity index (χ0n) is 17.2. The third kappa shape index (κ3) is 5.91. The molecule has 4 N–H and O–H groups in total. The molecule has 0 saturated heterocycles. The van der Waals surface area contributed by atoms with Gasteiger partial charge in [0, 0.05) is 17.9 Å². The second-order valence-electron chi connectivity index (χ2n) is 6.83. The summed E-state index contributed by atoms with van der Waals surface area (Å²) in [6, 6.07) is 15.0. The molecule has 3 aromatic rings. The number of nitrogens with one attached hydrogen (secondary N) is 2. The SMILES string of the molecule is CCCCNc1ccccc1C(=O)OCc1nc(N)nc(Nc2ccc(C)cc2)n1. The maximum atomic E-state index is 12.6. The number of carbonyl (C=O) groups excluding carboxylic acids is 1. The van der Waals surface area contributed by atoms with Gasteiger partial charge in [0.05, 0.1) is 5.56 Å². The third-order valence-electron chi connectivity index (χ3n) is 4.33. The number of unbranched alkanes of at least 4 members (excludes halogenated alkanes) is 1. The van der Waals surface area contributed by atoms with Crippen molar-refractivity contribution in [1.29, 1.82) is 0 Å². The Bertz CT molecular complexity index is 991. The van der Waals surface area contributed by atoms with Gasteiger partial charge in [0.25, 0.3) is 0 Å². The van der Waals surface area contributed by atoms with Gasteiger partial charge in [0.15, 0.2) is 12.4 Å². The molecule has 0 spiro atoms. The van der Waals surface area contributed by atoms with Crippen molar-refractivity contribution in [3.8, 4) is 0 Å². The highest BCUT2D eigenvalue weighted by molar-refractivity contribution is 5.95. The highest BCUT2D eigenvalue weighted by Gasteiger charge is 2.14. The summed E-state index contributed by atoms with van der Waals surface area (Å²) in [5.41, 5.74) is 8.97. The van der Waals surface area contributed by atoms with Gasteiger partial charge < -0.3 is 21.1 Å². The van der Waals surface area contributed by atoms with Crippen LogP contribution in [-0.2, 0) is 11.3 Å². The van der Waals surface area contributed by atoms with Crippen LogP contribution in [0.4, 0.5) is 23.3 Å². The Morgan fingerprint density at radius 1 is 1.07 bits per heavy atom. The quantitative estimate of drug-likeness (QED) is 0.360. The van der Waals surface area contributed by atoms with E-state index in [2.05, 4.69) is 32.5 Å². The molecule has 0 radical (unpaired) electrons. The van der Waals surface area contributed by atoms with E-state index in [9.17, 15) is 4.79 Å². The van der Waals surface area contributed by atoms with Crippen molar-refractivity contribution in [3.05, 3.63) is 65.5 Å². The number of aryl methyl sites for hydroxylation is 1. The third-order valence-corrected chi connectivity index (χ3v) is 4.33. The molecule has 0 aliphatic rings. The first-order chi connectivity index (χ1) is 14.5. The molecule has 0 fully saturated rings. The van der Waals surface area contributed by atoms with Gasteiger partial charge in [-0.2, -0.15) is 15.0 Å². The summed E-state index contributed by atoms with van der Waals surface area (Å²) < 4.78 is 5.42. The number of hydrogen-bond acceptors (Lipinski definition) is 8. The van der Waals surface area contributed by atoms with Crippen molar-refractivity contribution in [2.75, 3.05) is 22.9 Å². The van der Waals surface area contributed by atoms with Crippen molar-refractivity contribution in [2.24, 2.45) is 0 Å². The maximum absolute atomic E-state index is 12.6. The van der Waals surface area contributed by atoms with Crippen LogP contribution in [0.2, 0.25) is 0 Å². The molecule has 8 nitrogen and oxygen atoms in total. The molecule has 156 valence electrons. The minimum Gasteiger partial charge on any atom is -0.454 e. The number of esters is 1. The average molecular weight is 406 g/mol. The maximum Gasteiger partial charge on any atom is 0.340 e. The Morgan fingerprint density at radius 3 is 2.60 bits per heavy atom. The summed E-state index contributed by atoms with van der Waals surface area (Å²) in [5, 5.41) is 6.35. The van der Waals surface area contributed by atoms with Crippen molar-refractivity contribution in [1.82, 2.24) is 15.0 Å². The number of para-hydroxylation sites is 1. The van der Waals surface area contributed by atoms with Gasteiger partial charge in [-0.15, -0.1) is 0 Å². The first-order valence-corrected chi connectivity index (χ1v) is 9.89. The summed E-state index contributed by atoms with van der Waals surface area (Å²) in [7, 11) is 0. The zero-order chi connectivity index (χ0) is 21.3. The standard InChI is InChI=1S/C22H26N6O2/c1-3-4-13-24-18-8-6-5-7-17(18)20(29)30-14-19-26-21(23)28-22(27-19)25-16-11-9-15(2)10-12-16/h5-12,24H,3-4,13-14H2,1-2H3,(H3,23,25,26,27,28). The van der Waals surface area contributed by atoms with Crippen LogP contribution >= 0.6 is 0 Å². The lowest BCUT2D eigenvalue weighted by molar-refractivity contribution is 0.0463. The van der Waals surface area contributed by atoms with Crippen LogP contribution in [0.5, 0.6) is 0 Å². The lowest BCUT2D eigenvalue weighted by Gasteiger charge is -2.12. The van der Waals surface area contributed by atoms with Crippen LogP contribution in [0, 0.1) is 6.92 Å². The number of anilines is 4. The second-order valence-corrected chi connectivity index (χ2v) is 6.83. The van der Waals surface area contributed by atoms with Gasteiger partial charge in [0.2, 0.25) is 11.9 Å². The van der Waals surface area contributed by atoms with E-state index in [1.807, 2.05) is 43.3 Å². The number of nitrogens with two attached hydrogens (primary N) is 1. The highest BCUT2D eigenvalue weighted by atomic mass is 16.5. The fourth-order valence-corrected chi connectivity index (χ4v) is 2.75. The van der Waals surface area contributed by atoms with Crippen molar-refractivity contribution in [3.63, 3.8) is 0 Å². The first kappa shape index (κ1) is 21.0. The molecule has 2 aromatic carbocycles. The Labute approximate surface area is 175 Å². The molecule has 0 amide bonds. The number of ether oxygens (including phenoxy) is 1. The van der Waals surface area contributed by atoms with Crippen molar-refractivity contribution >= 4 is 29.2 Å². The number of carbonyl (C=O) groups is 1. The monoisotopic (exact) mass is 406 g/mol. The van der Waals surface area contributed by atoms with E-state index in [0.717, 1.165) is 36.3 Å². The molecule has 30 heavy (non-hydrogen) atoms. The Balaban J connectivity index is 1.66. The number of rotatable bonds is 9. The zero-order valence-corrected chi connectivity index (χ0v) is 17.2. The molecule has 0 bridgehead atoms. The minimum absolute atomic E-state index is 0.0484. The van der Waals surface area contributed by atoms with Crippen LogP contribution < -0.4 is 16.4 Å². The van der Waals surface area contributed by atoms with Crippen LogP contribution in [0.3, 0.4) is 0 Å². The summed E-state index contributed by atoms with van der Waals surface area (Å²) in [5.74, 6) is 0.148. The summed E-state index contributed by atoms with van der Waals surface area (Å²) in [4.78, 5) is 25.0. The number of nitrogens with zero attached hydrogens (tertiary/aromatic N) is 3. The predicted molar refractivity (Wildman–Crippen MR) is 118 cm³/mol. The molecule has 0 aliphatic heterocycles. The van der Waals surface area contributed by atoms with Crippen LogP contribution in [0.25, 0.3) is 0 Å². The van der Waals surface area contributed by atoms with E-state index in [4.69, 9.17) is 10.5 Å². The molecule has 0 atom stereocenters. The Kier molecular flexibility index (Phi) is 7.15. The fourth-order valence-electron chi connectivity index (χ4n) is 2.75. The molecule has 0 saturated carbocycles. The van der Waals surface area contributed by atoms with E-state index in [-0.39, 0.29) is 18.4 Å². The highest BCUT2D eigenvalue weighted by Crippen LogP contribution is 2.18. The largest absolute Gasteiger partial charge is 0.454 e. The van der Waals surface area contributed by atoms with Gasteiger partial charge in [-0.1, -0.05) is 43.2 Å². The van der Waals surface area contributed by atoms with Crippen LogP contribution in [-0.4, -0.2) is 27.5 Å². The lowest BCUT2D eigenvalue weighted by Crippen LogP contribution is -2.13. The average Bonchev–Trinajstić information content (AvgIpc) is 2.74. The van der Waals surface area contributed by atoms with Gasteiger partial charge in [0.1, 0.15) is 0 Å². The molecule has 8 heteroatoms. The van der Waals surface area contributed by atoms with E-state index in [0.29, 0.717) is 11.5 Å². The molecule has 0 aliphatic carbocycles. The van der Waals surface area contributed by atoms with Gasteiger partial charge in [-0.25, -0.2) is 4.79 Å². The number of aromatic nitrogens is 3. The van der Waals surface area contributed by atoms with E-state index in [1.165, 1.54) is 0 Å². The van der Waals surface area contributed by atoms with Crippen molar-refractivity contribution < 1.29 is 9.53 Å². The number of benzene rings is 2. The molecule has 0 unspecified atom stereocenters. The molecule has 1 aromatic heterocycles. The number of hydrogen-bond donors (Lipinski definition) is 3. The predicted octanol–water partition coefficient (Wildman–Crippen LogP) is 4.07. The van der Waals surface area contributed by atoms with Crippen LogP contribution in [0.1, 0.15) is 41.5 Å². The number of nitrogen functional groups attached to an aromatic ring is 1. The van der Waals surface area contributed by atoms with Crippen LogP contribution in [0.15, 0.2) is 48.5 Å². The fraction of sp³-hybridized carbons (Fsp3) is 0.273. The van der Waals surface area contributed by atoms with Gasteiger partial charge in [-0.05, 0) is 37.6 Å². The second kappa shape index (κ2) is 10.2. The van der Waals surface area contributed by atoms with E-state index in [1.54, 1.807) is 12.1 Å². The summed E-state index contributed by atoms with van der Waals surface area (Å²) >= 11 is 0. The Hall–Kier alpha value is -3.68. The topological polar surface area (TPSA) is 115 Å². The lowest BCUT2D eigenvalue weighted by atomic mass is 10.1. The van der Waals surface area contributed by atoms with E-state index < -0.39 is 5.97 Å².